The molecule has 0 atom stereocenters. The average molecular weight is 441 g/mol. The molecular weight excluding hydrogens is 384 g/mol. The van der Waals surface area contributed by atoms with E-state index in [0.29, 0.717) is 0 Å². The second-order valence-electron chi connectivity index (χ2n) is 9.20. The Hall–Kier alpha value is -0.240. The Morgan fingerprint density at radius 3 is 1.71 bits per heavy atom. The summed E-state index contributed by atoms with van der Waals surface area (Å²) in [6.45, 7) is 28.3. The largest absolute Gasteiger partial charge is 0.315 e. The Bertz CT molecular complexity index is 386. The maximum Gasteiger partial charge on any atom is 0.0109 e. The Morgan fingerprint density at radius 1 is 0.613 bits per heavy atom. The molecule has 6 heteroatoms. The van der Waals surface area contributed by atoms with Crippen LogP contribution in [0.1, 0.15) is 53.4 Å². The van der Waals surface area contributed by atoms with Crippen LogP contribution in [0.25, 0.3) is 0 Å². The van der Waals surface area contributed by atoms with Gasteiger partial charge in [0.05, 0.1) is 0 Å². The van der Waals surface area contributed by atoms with Gasteiger partial charge in [0, 0.05) is 26.2 Å². The van der Waals surface area contributed by atoms with Gasteiger partial charge in [0.2, 0.25) is 0 Å². The molecule has 1 aliphatic rings. The van der Waals surface area contributed by atoms with Crippen molar-refractivity contribution in [3.63, 3.8) is 0 Å². The van der Waals surface area contributed by atoms with Gasteiger partial charge in [-0.25, -0.2) is 0 Å². The zero-order valence-electron chi connectivity index (χ0n) is 21.9. The summed E-state index contributed by atoms with van der Waals surface area (Å²) >= 11 is 0. The van der Waals surface area contributed by atoms with Gasteiger partial charge < -0.3 is 29.8 Å². The summed E-state index contributed by atoms with van der Waals surface area (Å²) < 4.78 is 0. The molecule has 1 heterocycles. The highest BCUT2D eigenvalue weighted by Gasteiger charge is 2.11. The molecule has 186 valence electrons. The molecule has 0 unspecified atom stereocenters. The fraction of sp³-hybridized carbons (Fsp3) is 1.00. The SMILES string of the molecule is CCN(CC)CCCN1CCCN(CCCN(CC)CC)CCN(C)CCCNCC1. The van der Waals surface area contributed by atoms with Crippen molar-refractivity contribution in [1.29, 1.82) is 0 Å². The normalized spacial score (nSPS) is 19.8. The Kier molecular flexibility index (Phi) is 17.9. The number of rotatable bonds is 12. The number of hydrogen-bond acceptors (Lipinski definition) is 6. The van der Waals surface area contributed by atoms with E-state index >= 15 is 0 Å². The standard InChI is InChI=1S/C25H56N6/c1-6-28(7-2)17-11-19-30-20-13-22-31(21-12-18-29(8-3)9-4)25-24-27(5)16-10-14-26-15-23-30/h26H,6-25H2,1-5H3. The first-order valence-electron chi connectivity index (χ1n) is 13.4. The molecule has 0 saturated carbocycles. The van der Waals surface area contributed by atoms with Crippen molar-refractivity contribution >= 4 is 0 Å². The molecule has 0 spiro atoms. The smallest absolute Gasteiger partial charge is 0.0109 e. The average Bonchev–Trinajstić information content (AvgIpc) is 2.78. The molecule has 1 saturated heterocycles. The van der Waals surface area contributed by atoms with Gasteiger partial charge in [-0.15, -0.1) is 0 Å². The first-order chi connectivity index (χ1) is 15.1. The van der Waals surface area contributed by atoms with Crippen molar-refractivity contribution in [2.75, 3.05) is 112 Å². The van der Waals surface area contributed by atoms with Crippen molar-refractivity contribution in [2.24, 2.45) is 0 Å². The maximum atomic E-state index is 3.68. The minimum atomic E-state index is 1.13. The molecule has 0 amide bonds. The molecule has 0 aromatic carbocycles. The van der Waals surface area contributed by atoms with Crippen LogP contribution in [0.5, 0.6) is 0 Å². The van der Waals surface area contributed by atoms with Gasteiger partial charge in [-0.2, -0.15) is 0 Å². The van der Waals surface area contributed by atoms with Gasteiger partial charge in [-0.3, -0.25) is 0 Å². The minimum absolute atomic E-state index is 1.13. The van der Waals surface area contributed by atoms with Crippen molar-refractivity contribution in [3.8, 4) is 0 Å². The van der Waals surface area contributed by atoms with Crippen LogP contribution in [0.15, 0.2) is 0 Å². The van der Waals surface area contributed by atoms with Crippen LogP contribution >= 0.6 is 0 Å². The Balaban J connectivity index is 2.52. The van der Waals surface area contributed by atoms with Gasteiger partial charge in [0.15, 0.2) is 0 Å². The number of nitrogens with zero attached hydrogens (tertiary/aromatic N) is 5. The summed E-state index contributed by atoms with van der Waals surface area (Å²) in [5.74, 6) is 0. The second-order valence-corrected chi connectivity index (χ2v) is 9.20. The molecule has 1 aliphatic heterocycles. The molecule has 1 rings (SSSR count). The number of likely N-dealkylation sites (N-methyl/N-ethyl adjacent to an activating group) is 1. The van der Waals surface area contributed by atoms with E-state index in [-0.39, 0.29) is 0 Å². The summed E-state index contributed by atoms with van der Waals surface area (Å²) in [4.78, 5) is 13.1. The molecular formula is C25H56N6. The predicted octanol–water partition coefficient (Wildman–Crippen LogP) is 2.37. The third-order valence-electron chi connectivity index (χ3n) is 6.93. The second kappa shape index (κ2) is 19.2. The zero-order valence-corrected chi connectivity index (χ0v) is 21.9. The lowest BCUT2D eigenvalue weighted by molar-refractivity contribution is 0.185. The van der Waals surface area contributed by atoms with Gasteiger partial charge >= 0.3 is 0 Å². The van der Waals surface area contributed by atoms with E-state index in [1.165, 1.54) is 117 Å². The highest BCUT2D eigenvalue weighted by molar-refractivity contribution is 4.68. The fourth-order valence-corrected chi connectivity index (χ4v) is 4.56. The fourth-order valence-electron chi connectivity index (χ4n) is 4.56. The van der Waals surface area contributed by atoms with E-state index in [1.54, 1.807) is 0 Å². The highest BCUT2D eigenvalue weighted by Crippen LogP contribution is 2.03. The summed E-state index contributed by atoms with van der Waals surface area (Å²) in [6, 6.07) is 0. The first kappa shape index (κ1) is 28.8. The van der Waals surface area contributed by atoms with Crippen molar-refractivity contribution in [2.45, 2.75) is 53.4 Å². The first-order valence-corrected chi connectivity index (χ1v) is 13.4. The van der Waals surface area contributed by atoms with Crippen LogP contribution in [0.4, 0.5) is 0 Å². The lowest BCUT2D eigenvalue weighted by Gasteiger charge is -2.29. The predicted molar refractivity (Wildman–Crippen MR) is 137 cm³/mol. The molecule has 0 aliphatic carbocycles. The van der Waals surface area contributed by atoms with Crippen molar-refractivity contribution < 1.29 is 0 Å². The van der Waals surface area contributed by atoms with Crippen molar-refractivity contribution in [1.82, 2.24) is 29.8 Å². The Labute approximate surface area is 195 Å². The maximum absolute atomic E-state index is 3.68. The molecule has 0 radical (unpaired) electrons. The highest BCUT2D eigenvalue weighted by atomic mass is 15.2. The van der Waals surface area contributed by atoms with Crippen LogP contribution < -0.4 is 5.32 Å². The van der Waals surface area contributed by atoms with Crippen LogP contribution in [0, 0.1) is 0 Å². The topological polar surface area (TPSA) is 28.2 Å². The van der Waals surface area contributed by atoms with E-state index in [9.17, 15) is 0 Å². The summed E-state index contributed by atoms with van der Waals surface area (Å²) in [5, 5.41) is 3.68. The van der Waals surface area contributed by atoms with E-state index in [4.69, 9.17) is 0 Å². The van der Waals surface area contributed by atoms with Crippen LogP contribution in [-0.2, 0) is 0 Å². The van der Waals surface area contributed by atoms with Gasteiger partial charge in [0.25, 0.3) is 0 Å². The minimum Gasteiger partial charge on any atom is -0.315 e. The van der Waals surface area contributed by atoms with Gasteiger partial charge in [-0.05, 0) is 111 Å². The van der Waals surface area contributed by atoms with Gasteiger partial charge in [-0.1, -0.05) is 27.7 Å². The Morgan fingerprint density at radius 2 is 1.16 bits per heavy atom. The van der Waals surface area contributed by atoms with E-state index in [1.807, 2.05) is 0 Å². The number of nitrogens with one attached hydrogen (secondary N) is 1. The van der Waals surface area contributed by atoms with E-state index < -0.39 is 0 Å². The molecule has 31 heavy (non-hydrogen) atoms. The molecule has 1 fully saturated rings. The molecule has 1 N–H and O–H groups in total. The van der Waals surface area contributed by atoms with Crippen molar-refractivity contribution in [3.05, 3.63) is 0 Å². The monoisotopic (exact) mass is 440 g/mol. The molecule has 6 nitrogen and oxygen atoms in total. The molecule has 0 bridgehead atoms. The molecule has 0 aromatic rings. The molecule has 0 aromatic heterocycles. The summed E-state index contributed by atoms with van der Waals surface area (Å²) in [5.41, 5.74) is 0. The van der Waals surface area contributed by atoms with Crippen LogP contribution in [-0.4, -0.2) is 136 Å². The van der Waals surface area contributed by atoms with Crippen LogP contribution in [0.3, 0.4) is 0 Å². The summed E-state index contributed by atoms with van der Waals surface area (Å²) in [7, 11) is 2.29. The lowest BCUT2D eigenvalue weighted by atomic mass is 10.2. The van der Waals surface area contributed by atoms with Crippen LogP contribution in [0.2, 0.25) is 0 Å². The summed E-state index contributed by atoms with van der Waals surface area (Å²) in [6.07, 6.45) is 5.13. The lowest BCUT2D eigenvalue weighted by Crippen LogP contribution is -2.40. The third kappa shape index (κ3) is 14.5. The van der Waals surface area contributed by atoms with E-state index in [2.05, 4.69) is 64.6 Å². The van der Waals surface area contributed by atoms with Gasteiger partial charge in [0.1, 0.15) is 0 Å². The quantitative estimate of drug-likeness (QED) is 0.501. The van der Waals surface area contributed by atoms with E-state index in [0.717, 1.165) is 13.1 Å². The third-order valence-corrected chi connectivity index (χ3v) is 6.93. The number of hydrogen-bond donors (Lipinski definition) is 1. The zero-order chi connectivity index (χ0) is 22.7.